The van der Waals surface area contributed by atoms with Gasteiger partial charge in [0.2, 0.25) is 5.56 Å². The monoisotopic (exact) mass is 217 g/mol. The Bertz CT molecular complexity index is 543. The number of fused-ring (bicyclic) bond motifs is 1. The Hall–Kier alpha value is -1.77. The number of hydrogen-bond donors (Lipinski definition) is 1. The molecule has 1 aromatic heterocycles. The van der Waals surface area contributed by atoms with Gasteiger partial charge in [0, 0.05) is 17.0 Å². The van der Waals surface area contributed by atoms with Gasteiger partial charge in [0.1, 0.15) is 5.75 Å². The van der Waals surface area contributed by atoms with Crippen LogP contribution in [0.5, 0.6) is 5.75 Å². The van der Waals surface area contributed by atoms with Crippen molar-refractivity contribution >= 4 is 10.9 Å². The van der Waals surface area contributed by atoms with E-state index in [1.54, 1.807) is 6.07 Å². The number of hydrogen-bond acceptors (Lipinski definition) is 2. The molecule has 2 aromatic rings. The number of H-pyrrole nitrogens is 1. The van der Waals surface area contributed by atoms with Crippen LogP contribution >= 0.6 is 0 Å². The van der Waals surface area contributed by atoms with E-state index >= 15 is 0 Å². The lowest BCUT2D eigenvalue weighted by Gasteiger charge is -2.09. The summed E-state index contributed by atoms with van der Waals surface area (Å²) in [5.41, 5.74) is 0.757. The van der Waals surface area contributed by atoms with Gasteiger partial charge in [-0.05, 0) is 30.2 Å². The Morgan fingerprint density at radius 1 is 1.25 bits per heavy atom. The summed E-state index contributed by atoms with van der Waals surface area (Å²) in [6, 6.07) is 9.01. The lowest BCUT2D eigenvalue weighted by molar-refractivity contribution is 0.271. The van der Waals surface area contributed by atoms with Gasteiger partial charge in [-0.15, -0.1) is 0 Å². The number of aromatic nitrogens is 1. The summed E-state index contributed by atoms with van der Waals surface area (Å²) >= 11 is 0. The van der Waals surface area contributed by atoms with Crippen molar-refractivity contribution in [2.24, 2.45) is 5.92 Å². The van der Waals surface area contributed by atoms with Crippen molar-refractivity contribution in [3.8, 4) is 5.75 Å². The van der Waals surface area contributed by atoms with Gasteiger partial charge < -0.3 is 9.72 Å². The second-order valence-corrected chi connectivity index (χ2v) is 4.28. The molecule has 1 aromatic carbocycles. The van der Waals surface area contributed by atoms with E-state index in [1.165, 1.54) is 6.07 Å². The fourth-order valence-electron chi connectivity index (χ4n) is 1.49. The molecule has 3 nitrogen and oxygen atoms in total. The fourth-order valence-corrected chi connectivity index (χ4v) is 1.49. The molecule has 0 atom stereocenters. The van der Waals surface area contributed by atoms with Gasteiger partial charge in [0.25, 0.3) is 0 Å². The molecule has 16 heavy (non-hydrogen) atoms. The quantitative estimate of drug-likeness (QED) is 0.858. The molecule has 3 heteroatoms. The molecule has 0 saturated carbocycles. The second kappa shape index (κ2) is 4.39. The molecule has 1 N–H and O–H groups in total. The number of benzene rings is 1. The van der Waals surface area contributed by atoms with Gasteiger partial charge in [-0.1, -0.05) is 13.8 Å². The predicted molar refractivity (Wildman–Crippen MR) is 64.9 cm³/mol. The van der Waals surface area contributed by atoms with E-state index in [9.17, 15) is 4.79 Å². The van der Waals surface area contributed by atoms with Crippen LogP contribution in [0.3, 0.4) is 0 Å². The first-order valence-electron chi connectivity index (χ1n) is 5.41. The van der Waals surface area contributed by atoms with E-state index in [4.69, 9.17) is 4.74 Å². The summed E-state index contributed by atoms with van der Waals surface area (Å²) in [7, 11) is 0. The zero-order chi connectivity index (χ0) is 11.5. The summed E-state index contributed by atoms with van der Waals surface area (Å²) in [4.78, 5) is 13.9. The molecule has 0 saturated heterocycles. The zero-order valence-electron chi connectivity index (χ0n) is 9.49. The first-order chi connectivity index (χ1) is 7.65. The molecule has 0 aliphatic rings. The summed E-state index contributed by atoms with van der Waals surface area (Å²) in [5.74, 6) is 1.35. The number of nitrogens with one attached hydrogen (secondary N) is 1. The maximum Gasteiger partial charge on any atom is 0.248 e. The first kappa shape index (κ1) is 10.7. The van der Waals surface area contributed by atoms with Crippen LogP contribution in [-0.4, -0.2) is 11.6 Å². The maximum atomic E-state index is 11.1. The smallest absolute Gasteiger partial charge is 0.248 e. The maximum absolute atomic E-state index is 11.1. The van der Waals surface area contributed by atoms with E-state index in [0.29, 0.717) is 12.5 Å². The van der Waals surface area contributed by atoms with Crippen molar-refractivity contribution < 1.29 is 4.74 Å². The van der Waals surface area contributed by atoms with Crippen molar-refractivity contribution in [3.05, 3.63) is 40.7 Å². The van der Waals surface area contributed by atoms with E-state index in [-0.39, 0.29) is 5.56 Å². The van der Waals surface area contributed by atoms with Crippen LogP contribution in [-0.2, 0) is 0 Å². The van der Waals surface area contributed by atoms with E-state index in [0.717, 1.165) is 16.7 Å². The fraction of sp³-hybridized carbons (Fsp3) is 0.308. The van der Waals surface area contributed by atoms with Gasteiger partial charge in [0.15, 0.2) is 0 Å². The highest BCUT2D eigenvalue weighted by Gasteiger charge is 1.99. The minimum Gasteiger partial charge on any atom is -0.493 e. The highest BCUT2D eigenvalue weighted by molar-refractivity contribution is 5.79. The van der Waals surface area contributed by atoms with Crippen LogP contribution in [0.15, 0.2) is 35.1 Å². The van der Waals surface area contributed by atoms with Crippen molar-refractivity contribution in [1.29, 1.82) is 0 Å². The molecule has 0 amide bonds. The molecular weight excluding hydrogens is 202 g/mol. The van der Waals surface area contributed by atoms with Gasteiger partial charge in [-0.2, -0.15) is 0 Å². The molecule has 1 heterocycles. The van der Waals surface area contributed by atoms with Crippen molar-refractivity contribution in [2.45, 2.75) is 13.8 Å². The van der Waals surface area contributed by atoms with E-state index < -0.39 is 0 Å². The van der Waals surface area contributed by atoms with Crippen LogP contribution in [0.4, 0.5) is 0 Å². The number of pyridine rings is 1. The van der Waals surface area contributed by atoms with Crippen LogP contribution in [0.2, 0.25) is 0 Å². The molecule has 0 aliphatic heterocycles. The molecule has 0 aliphatic carbocycles. The number of rotatable bonds is 3. The van der Waals surface area contributed by atoms with Gasteiger partial charge in [-0.25, -0.2) is 0 Å². The molecule has 0 bridgehead atoms. The molecule has 0 spiro atoms. The zero-order valence-corrected chi connectivity index (χ0v) is 9.49. The normalized spacial score (nSPS) is 10.9. The highest BCUT2D eigenvalue weighted by Crippen LogP contribution is 2.18. The molecule has 0 radical (unpaired) electrons. The minimum atomic E-state index is -0.0802. The predicted octanol–water partition coefficient (Wildman–Crippen LogP) is 2.56. The Kier molecular flexibility index (Phi) is 2.95. The van der Waals surface area contributed by atoms with Gasteiger partial charge >= 0.3 is 0 Å². The average Bonchev–Trinajstić information content (AvgIpc) is 2.26. The van der Waals surface area contributed by atoms with Crippen molar-refractivity contribution in [1.82, 2.24) is 4.98 Å². The lowest BCUT2D eigenvalue weighted by atomic mass is 10.2. The Balaban J connectivity index is 2.30. The summed E-state index contributed by atoms with van der Waals surface area (Å²) in [6.07, 6.45) is 0. The molecule has 2 rings (SSSR count). The standard InChI is InChI=1S/C13H15NO2/c1-9(2)8-16-11-4-5-12-10(7-11)3-6-13(15)14-12/h3-7,9H,8H2,1-2H3,(H,14,15). The average molecular weight is 217 g/mol. The van der Waals surface area contributed by atoms with E-state index in [1.807, 2.05) is 18.2 Å². The summed E-state index contributed by atoms with van der Waals surface area (Å²) in [6.45, 7) is 4.92. The third kappa shape index (κ3) is 2.42. The van der Waals surface area contributed by atoms with Gasteiger partial charge in [0.05, 0.1) is 6.61 Å². The molecule has 0 unspecified atom stereocenters. The Morgan fingerprint density at radius 2 is 2.06 bits per heavy atom. The van der Waals surface area contributed by atoms with Crippen molar-refractivity contribution in [2.75, 3.05) is 6.61 Å². The third-order valence-electron chi connectivity index (χ3n) is 2.28. The summed E-state index contributed by atoms with van der Waals surface area (Å²) in [5, 5.41) is 0.987. The topological polar surface area (TPSA) is 42.1 Å². The first-order valence-corrected chi connectivity index (χ1v) is 5.41. The van der Waals surface area contributed by atoms with Crippen LogP contribution in [0.25, 0.3) is 10.9 Å². The summed E-state index contributed by atoms with van der Waals surface area (Å²) < 4.78 is 5.61. The lowest BCUT2D eigenvalue weighted by Crippen LogP contribution is -2.05. The highest BCUT2D eigenvalue weighted by atomic mass is 16.5. The Labute approximate surface area is 94.1 Å². The number of ether oxygens (including phenoxy) is 1. The molecule has 84 valence electrons. The van der Waals surface area contributed by atoms with Crippen molar-refractivity contribution in [3.63, 3.8) is 0 Å². The SMILES string of the molecule is CC(C)COc1ccc2[nH]c(=O)ccc2c1. The van der Waals surface area contributed by atoms with Crippen LogP contribution in [0, 0.1) is 5.92 Å². The van der Waals surface area contributed by atoms with Crippen LogP contribution < -0.4 is 10.3 Å². The largest absolute Gasteiger partial charge is 0.493 e. The molecule has 0 fully saturated rings. The number of aromatic amines is 1. The van der Waals surface area contributed by atoms with Gasteiger partial charge in [-0.3, -0.25) is 4.79 Å². The minimum absolute atomic E-state index is 0.0802. The van der Waals surface area contributed by atoms with Crippen LogP contribution in [0.1, 0.15) is 13.8 Å². The third-order valence-corrected chi connectivity index (χ3v) is 2.28. The molecular formula is C13H15NO2. The Morgan fingerprint density at radius 3 is 2.81 bits per heavy atom. The second-order valence-electron chi connectivity index (χ2n) is 4.28. The van der Waals surface area contributed by atoms with E-state index in [2.05, 4.69) is 18.8 Å².